The Balaban J connectivity index is 2.16. The SMILES string of the molecule is CCCC(C)(C)NC(=O)c1cccc(NS(=O)(=O)c2cccs2)c1. The number of thiophene rings is 1. The Bertz CT molecular complexity index is 797. The standard InChI is InChI=1S/C17H22N2O3S2/c1-4-10-17(2,3)18-16(20)13-7-5-8-14(12-13)19-24(21,22)15-9-6-11-23-15/h5-9,11-12,19H,4,10H2,1-3H3,(H,18,20). The smallest absolute Gasteiger partial charge is 0.271 e. The van der Waals surface area contributed by atoms with Crippen molar-refractivity contribution in [3.05, 3.63) is 47.3 Å². The second kappa shape index (κ2) is 7.36. The number of carbonyl (C=O) groups is 1. The van der Waals surface area contributed by atoms with Crippen molar-refractivity contribution >= 4 is 33.0 Å². The summed E-state index contributed by atoms with van der Waals surface area (Å²) in [6, 6.07) is 9.71. The molecule has 2 aromatic rings. The van der Waals surface area contributed by atoms with Gasteiger partial charge in [-0.2, -0.15) is 0 Å². The first-order valence-corrected chi connectivity index (χ1v) is 10.1. The van der Waals surface area contributed by atoms with Crippen LogP contribution in [0.5, 0.6) is 0 Å². The van der Waals surface area contributed by atoms with Crippen LogP contribution >= 0.6 is 11.3 Å². The van der Waals surface area contributed by atoms with Crippen LogP contribution in [0.2, 0.25) is 0 Å². The van der Waals surface area contributed by atoms with E-state index in [0.29, 0.717) is 11.3 Å². The number of hydrogen-bond acceptors (Lipinski definition) is 4. The fourth-order valence-electron chi connectivity index (χ4n) is 2.41. The number of anilines is 1. The van der Waals surface area contributed by atoms with Gasteiger partial charge >= 0.3 is 0 Å². The van der Waals surface area contributed by atoms with Crippen molar-refractivity contribution in [2.24, 2.45) is 0 Å². The largest absolute Gasteiger partial charge is 0.347 e. The summed E-state index contributed by atoms with van der Waals surface area (Å²) in [5, 5.41) is 4.68. The molecule has 130 valence electrons. The van der Waals surface area contributed by atoms with Crippen LogP contribution in [-0.4, -0.2) is 19.9 Å². The van der Waals surface area contributed by atoms with Crippen molar-refractivity contribution in [3.63, 3.8) is 0 Å². The summed E-state index contributed by atoms with van der Waals surface area (Å²) in [6.45, 7) is 6.00. The molecule has 5 nitrogen and oxygen atoms in total. The number of carbonyl (C=O) groups excluding carboxylic acids is 1. The lowest BCUT2D eigenvalue weighted by Crippen LogP contribution is -2.43. The van der Waals surface area contributed by atoms with Gasteiger partial charge in [0.25, 0.3) is 15.9 Å². The molecule has 0 saturated carbocycles. The van der Waals surface area contributed by atoms with Crippen LogP contribution in [0.4, 0.5) is 5.69 Å². The third kappa shape index (κ3) is 4.82. The van der Waals surface area contributed by atoms with E-state index < -0.39 is 10.0 Å². The highest BCUT2D eigenvalue weighted by Gasteiger charge is 2.21. The lowest BCUT2D eigenvalue weighted by atomic mass is 9.98. The average molecular weight is 367 g/mol. The van der Waals surface area contributed by atoms with Crippen LogP contribution in [0.1, 0.15) is 44.0 Å². The zero-order valence-electron chi connectivity index (χ0n) is 14.0. The Morgan fingerprint density at radius 1 is 1.21 bits per heavy atom. The molecule has 0 saturated heterocycles. The highest BCUT2D eigenvalue weighted by atomic mass is 32.2. The first kappa shape index (κ1) is 18.5. The van der Waals surface area contributed by atoms with E-state index in [2.05, 4.69) is 17.0 Å². The number of sulfonamides is 1. The van der Waals surface area contributed by atoms with E-state index in [1.807, 2.05) is 13.8 Å². The molecule has 0 bridgehead atoms. The lowest BCUT2D eigenvalue weighted by Gasteiger charge is -2.25. The first-order valence-electron chi connectivity index (χ1n) is 7.72. The first-order chi connectivity index (χ1) is 11.2. The summed E-state index contributed by atoms with van der Waals surface area (Å²) in [5.74, 6) is -0.217. The van der Waals surface area contributed by atoms with E-state index in [1.54, 1.807) is 35.7 Å². The quantitative estimate of drug-likeness (QED) is 0.781. The molecule has 1 aromatic carbocycles. The molecule has 1 amide bonds. The fourth-order valence-corrected chi connectivity index (χ4v) is 4.46. The molecule has 0 aliphatic rings. The lowest BCUT2D eigenvalue weighted by molar-refractivity contribution is 0.0909. The minimum Gasteiger partial charge on any atom is -0.347 e. The molecule has 1 aromatic heterocycles. The summed E-state index contributed by atoms with van der Waals surface area (Å²) < 4.78 is 27.3. The molecule has 1 heterocycles. The van der Waals surface area contributed by atoms with E-state index in [-0.39, 0.29) is 15.7 Å². The molecule has 0 spiro atoms. The van der Waals surface area contributed by atoms with Gasteiger partial charge in [-0.05, 0) is 49.9 Å². The minimum atomic E-state index is -3.62. The van der Waals surface area contributed by atoms with Crippen LogP contribution in [-0.2, 0) is 10.0 Å². The second-order valence-corrected chi connectivity index (χ2v) is 9.06. The van der Waals surface area contributed by atoms with Crippen LogP contribution in [0.3, 0.4) is 0 Å². The number of nitrogens with one attached hydrogen (secondary N) is 2. The monoisotopic (exact) mass is 366 g/mol. The number of rotatable bonds is 7. The molecule has 0 aliphatic heterocycles. The van der Waals surface area contributed by atoms with Gasteiger partial charge in [0.15, 0.2) is 0 Å². The molecule has 0 radical (unpaired) electrons. The third-order valence-electron chi connectivity index (χ3n) is 3.46. The van der Waals surface area contributed by atoms with Crippen molar-refractivity contribution in [3.8, 4) is 0 Å². The molecule has 0 fully saturated rings. The van der Waals surface area contributed by atoms with Crippen molar-refractivity contribution in [2.75, 3.05) is 4.72 Å². The van der Waals surface area contributed by atoms with Crippen molar-refractivity contribution in [1.82, 2.24) is 5.32 Å². The molecule has 0 atom stereocenters. The molecule has 7 heteroatoms. The van der Waals surface area contributed by atoms with Crippen LogP contribution < -0.4 is 10.0 Å². The fraction of sp³-hybridized carbons (Fsp3) is 0.353. The van der Waals surface area contributed by atoms with Crippen LogP contribution in [0.15, 0.2) is 46.0 Å². The molecule has 2 N–H and O–H groups in total. The van der Waals surface area contributed by atoms with Crippen LogP contribution in [0.25, 0.3) is 0 Å². The Labute approximate surface area is 147 Å². The highest BCUT2D eigenvalue weighted by molar-refractivity contribution is 7.94. The van der Waals surface area contributed by atoms with Crippen molar-refractivity contribution < 1.29 is 13.2 Å². The zero-order chi connectivity index (χ0) is 17.8. The topological polar surface area (TPSA) is 75.3 Å². The zero-order valence-corrected chi connectivity index (χ0v) is 15.6. The predicted octanol–water partition coefficient (Wildman–Crippen LogP) is 3.86. The molecule has 0 aliphatic carbocycles. The summed E-state index contributed by atoms with van der Waals surface area (Å²) in [7, 11) is -3.62. The van der Waals surface area contributed by atoms with Gasteiger partial charge in [0.1, 0.15) is 4.21 Å². The van der Waals surface area contributed by atoms with E-state index in [4.69, 9.17) is 0 Å². The van der Waals surface area contributed by atoms with Gasteiger partial charge in [0.2, 0.25) is 0 Å². The molecule has 0 unspecified atom stereocenters. The maximum atomic E-state index is 12.4. The average Bonchev–Trinajstić information content (AvgIpc) is 3.01. The molecule has 24 heavy (non-hydrogen) atoms. The molecular formula is C17H22N2O3S2. The Kier molecular flexibility index (Phi) is 5.66. The van der Waals surface area contributed by atoms with Gasteiger partial charge in [-0.1, -0.05) is 25.5 Å². The maximum absolute atomic E-state index is 12.4. The molecular weight excluding hydrogens is 344 g/mol. The van der Waals surface area contributed by atoms with E-state index in [0.717, 1.165) is 24.2 Å². The maximum Gasteiger partial charge on any atom is 0.271 e. The van der Waals surface area contributed by atoms with Crippen molar-refractivity contribution in [1.29, 1.82) is 0 Å². The van der Waals surface area contributed by atoms with Gasteiger partial charge < -0.3 is 5.32 Å². The number of hydrogen-bond donors (Lipinski definition) is 2. The number of benzene rings is 1. The summed E-state index contributed by atoms with van der Waals surface area (Å²) >= 11 is 1.14. The minimum absolute atomic E-state index is 0.217. The highest BCUT2D eigenvalue weighted by Crippen LogP contribution is 2.21. The van der Waals surface area contributed by atoms with E-state index >= 15 is 0 Å². The summed E-state index contributed by atoms with van der Waals surface area (Å²) in [6.07, 6.45) is 1.83. The van der Waals surface area contributed by atoms with E-state index in [1.165, 1.54) is 6.07 Å². The van der Waals surface area contributed by atoms with Gasteiger partial charge in [0, 0.05) is 16.8 Å². The molecule has 2 rings (SSSR count). The van der Waals surface area contributed by atoms with Gasteiger partial charge in [0.05, 0.1) is 0 Å². The Morgan fingerprint density at radius 3 is 2.58 bits per heavy atom. The third-order valence-corrected chi connectivity index (χ3v) is 6.24. The number of amides is 1. The van der Waals surface area contributed by atoms with Crippen molar-refractivity contribution in [2.45, 2.75) is 43.4 Å². The second-order valence-electron chi connectivity index (χ2n) is 6.21. The van der Waals surface area contributed by atoms with E-state index in [9.17, 15) is 13.2 Å². The summed E-state index contributed by atoms with van der Waals surface area (Å²) in [5.41, 5.74) is 0.480. The Morgan fingerprint density at radius 2 is 1.96 bits per heavy atom. The van der Waals surface area contributed by atoms with Gasteiger partial charge in [-0.3, -0.25) is 9.52 Å². The normalized spacial score (nSPS) is 12.0. The van der Waals surface area contributed by atoms with Gasteiger partial charge in [-0.15, -0.1) is 11.3 Å². The Hall–Kier alpha value is -1.86. The van der Waals surface area contributed by atoms with Gasteiger partial charge in [-0.25, -0.2) is 8.42 Å². The van der Waals surface area contributed by atoms with Crippen LogP contribution in [0, 0.1) is 0 Å². The predicted molar refractivity (Wildman–Crippen MR) is 98.0 cm³/mol. The summed E-state index contributed by atoms with van der Waals surface area (Å²) in [4.78, 5) is 12.4.